The third kappa shape index (κ3) is 3.39. The second-order valence-electron chi connectivity index (χ2n) is 4.99. The normalized spacial score (nSPS) is 13.7. The van der Waals surface area contributed by atoms with Crippen molar-refractivity contribution in [2.75, 3.05) is 11.9 Å². The molecule has 2 nitrogen and oxygen atoms in total. The van der Waals surface area contributed by atoms with Gasteiger partial charge in [0.15, 0.2) is 5.11 Å². The van der Waals surface area contributed by atoms with E-state index >= 15 is 0 Å². The van der Waals surface area contributed by atoms with E-state index in [0.29, 0.717) is 10.1 Å². The van der Waals surface area contributed by atoms with Crippen LogP contribution in [0.15, 0.2) is 46.9 Å². The first-order chi connectivity index (χ1) is 10.1. The number of benzene rings is 2. The van der Waals surface area contributed by atoms with E-state index in [4.69, 9.17) is 23.8 Å². The lowest BCUT2D eigenvalue weighted by Gasteiger charge is -2.31. The van der Waals surface area contributed by atoms with Crippen molar-refractivity contribution in [3.63, 3.8) is 0 Å². The predicted molar refractivity (Wildman–Crippen MR) is 95.9 cm³/mol. The van der Waals surface area contributed by atoms with Crippen LogP contribution in [-0.2, 0) is 13.0 Å². The van der Waals surface area contributed by atoms with Crippen LogP contribution in [0.25, 0.3) is 0 Å². The molecule has 0 fully saturated rings. The van der Waals surface area contributed by atoms with Crippen molar-refractivity contribution in [2.45, 2.75) is 13.0 Å². The molecule has 0 radical (unpaired) electrons. The fourth-order valence-electron chi connectivity index (χ4n) is 2.45. The highest BCUT2D eigenvalue weighted by atomic mass is 79.9. The molecular formula is C16H14BrClN2S. The maximum Gasteiger partial charge on any atom is 0.173 e. The summed E-state index contributed by atoms with van der Waals surface area (Å²) in [6, 6.07) is 14.2. The highest BCUT2D eigenvalue weighted by molar-refractivity contribution is 9.10. The van der Waals surface area contributed by atoms with Crippen LogP contribution in [0.2, 0.25) is 5.02 Å². The molecule has 0 aliphatic carbocycles. The zero-order valence-electron chi connectivity index (χ0n) is 11.3. The smallest absolute Gasteiger partial charge is 0.173 e. The van der Waals surface area contributed by atoms with Gasteiger partial charge in [0.05, 0.1) is 10.7 Å². The van der Waals surface area contributed by atoms with Crippen LogP contribution >= 0.6 is 39.7 Å². The zero-order chi connectivity index (χ0) is 14.8. The van der Waals surface area contributed by atoms with Gasteiger partial charge in [-0.25, -0.2) is 0 Å². The lowest BCUT2D eigenvalue weighted by molar-refractivity contribution is 0.399. The fraction of sp³-hybridized carbons (Fsp3) is 0.188. The van der Waals surface area contributed by atoms with E-state index in [1.54, 1.807) is 0 Å². The van der Waals surface area contributed by atoms with Gasteiger partial charge in [-0.05, 0) is 48.0 Å². The van der Waals surface area contributed by atoms with Gasteiger partial charge in [-0.15, -0.1) is 0 Å². The quantitative estimate of drug-likeness (QED) is 0.710. The first-order valence-corrected chi connectivity index (χ1v) is 8.29. The monoisotopic (exact) mass is 380 g/mol. The van der Waals surface area contributed by atoms with Crippen LogP contribution in [0.4, 0.5) is 5.69 Å². The SMILES string of the molecule is S=C(Nc1ccc(Br)cc1Cl)N1CCc2ccccc2C1. The number of hydrogen-bond donors (Lipinski definition) is 1. The van der Waals surface area contributed by atoms with E-state index in [9.17, 15) is 0 Å². The molecule has 5 heteroatoms. The number of thiocarbonyl (C=S) groups is 1. The van der Waals surface area contributed by atoms with E-state index in [1.165, 1.54) is 11.1 Å². The molecule has 1 aliphatic rings. The van der Waals surface area contributed by atoms with Gasteiger partial charge in [-0.2, -0.15) is 0 Å². The molecule has 0 saturated carbocycles. The topological polar surface area (TPSA) is 15.3 Å². The Morgan fingerprint density at radius 2 is 1.95 bits per heavy atom. The molecule has 0 atom stereocenters. The molecule has 1 N–H and O–H groups in total. The molecule has 0 amide bonds. The second-order valence-corrected chi connectivity index (χ2v) is 6.70. The van der Waals surface area contributed by atoms with Crippen molar-refractivity contribution in [3.8, 4) is 0 Å². The van der Waals surface area contributed by atoms with E-state index in [1.807, 2.05) is 18.2 Å². The highest BCUT2D eigenvalue weighted by Crippen LogP contribution is 2.26. The van der Waals surface area contributed by atoms with Gasteiger partial charge in [-0.3, -0.25) is 0 Å². The van der Waals surface area contributed by atoms with Gasteiger partial charge in [0.25, 0.3) is 0 Å². The first-order valence-electron chi connectivity index (χ1n) is 6.71. The maximum atomic E-state index is 6.22. The van der Waals surface area contributed by atoms with Gasteiger partial charge in [-0.1, -0.05) is 51.8 Å². The van der Waals surface area contributed by atoms with Gasteiger partial charge in [0, 0.05) is 17.6 Å². The Bertz CT molecular complexity index is 690. The van der Waals surface area contributed by atoms with Gasteiger partial charge < -0.3 is 10.2 Å². The Balaban J connectivity index is 1.72. The molecular weight excluding hydrogens is 368 g/mol. The molecule has 0 bridgehead atoms. The maximum absolute atomic E-state index is 6.22. The standard InChI is InChI=1S/C16H14BrClN2S/c17-13-5-6-15(14(18)9-13)19-16(21)20-8-7-11-3-1-2-4-12(11)10-20/h1-6,9H,7-8,10H2,(H,19,21). The molecule has 2 aromatic rings. The van der Waals surface area contributed by atoms with E-state index in [-0.39, 0.29) is 0 Å². The number of hydrogen-bond acceptors (Lipinski definition) is 1. The Hall–Kier alpha value is -1.10. The molecule has 0 unspecified atom stereocenters. The molecule has 0 aromatic heterocycles. The van der Waals surface area contributed by atoms with E-state index < -0.39 is 0 Å². The molecule has 0 spiro atoms. The molecule has 21 heavy (non-hydrogen) atoms. The van der Waals surface area contributed by atoms with Gasteiger partial charge >= 0.3 is 0 Å². The molecule has 0 saturated heterocycles. The van der Waals surface area contributed by atoms with Crippen LogP contribution in [0.5, 0.6) is 0 Å². The lowest BCUT2D eigenvalue weighted by atomic mass is 10.0. The Labute approximate surface area is 143 Å². The van der Waals surface area contributed by atoms with E-state index in [0.717, 1.165) is 29.7 Å². The van der Waals surface area contributed by atoms with Crippen molar-refractivity contribution in [1.82, 2.24) is 4.90 Å². The molecule has 2 aromatic carbocycles. The second kappa shape index (κ2) is 6.34. The molecule has 3 rings (SSSR count). The van der Waals surface area contributed by atoms with Crippen molar-refractivity contribution < 1.29 is 0 Å². The third-order valence-corrected chi connectivity index (χ3v) is 4.76. The summed E-state index contributed by atoms with van der Waals surface area (Å²) in [5, 5.41) is 4.62. The van der Waals surface area contributed by atoms with Crippen molar-refractivity contribution in [3.05, 3.63) is 63.1 Å². The van der Waals surface area contributed by atoms with Crippen molar-refractivity contribution in [2.24, 2.45) is 0 Å². The minimum Gasteiger partial charge on any atom is -0.344 e. The average Bonchev–Trinajstić information content (AvgIpc) is 2.49. The summed E-state index contributed by atoms with van der Waals surface area (Å²) in [6.45, 7) is 1.77. The molecule has 108 valence electrons. The number of fused-ring (bicyclic) bond motifs is 1. The summed E-state index contributed by atoms with van der Waals surface area (Å²) in [4.78, 5) is 2.18. The van der Waals surface area contributed by atoms with Crippen LogP contribution < -0.4 is 5.32 Å². The van der Waals surface area contributed by atoms with Crippen molar-refractivity contribution >= 4 is 50.5 Å². The highest BCUT2D eigenvalue weighted by Gasteiger charge is 2.18. The summed E-state index contributed by atoms with van der Waals surface area (Å²) in [5.41, 5.74) is 3.59. The summed E-state index contributed by atoms with van der Waals surface area (Å²) < 4.78 is 0.955. The van der Waals surface area contributed by atoms with Crippen LogP contribution in [0.1, 0.15) is 11.1 Å². The Morgan fingerprint density at radius 1 is 1.19 bits per heavy atom. The van der Waals surface area contributed by atoms with Crippen LogP contribution in [0, 0.1) is 0 Å². The minimum absolute atomic E-state index is 0.657. The Kier molecular flexibility index (Phi) is 4.48. The average molecular weight is 382 g/mol. The predicted octanol–water partition coefficient (Wildman–Crippen LogP) is 4.86. The van der Waals surface area contributed by atoms with Crippen LogP contribution in [-0.4, -0.2) is 16.6 Å². The number of nitrogens with zero attached hydrogens (tertiary/aromatic N) is 1. The number of anilines is 1. The lowest BCUT2D eigenvalue weighted by Crippen LogP contribution is -2.38. The number of rotatable bonds is 1. The largest absolute Gasteiger partial charge is 0.344 e. The number of nitrogens with one attached hydrogen (secondary N) is 1. The fourth-order valence-corrected chi connectivity index (χ4v) is 3.44. The summed E-state index contributed by atoms with van der Waals surface area (Å²) in [6.07, 6.45) is 1.02. The minimum atomic E-state index is 0.657. The van der Waals surface area contributed by atoms with Gasteiger partial charge in [0.2, 0.25) is 0 Å². The van der Waals surface area contributed by atoms with Crippen LogP contribution in [0.3, 0.4) is 0 Å². The molecule has 1 heterocycles. The Morgan fingerprint density at radius 3 is 2.71 bits per heavy atom. The molecule has 1 aliphatic heterocycles. The van der Waals surface area contributed by atoms with E-state index in [2.05, 4.69) is 50.4 Å². The van der Waals surface area contributed by atoms with Crippen molar-refractivity contribution in [1.29, 1.82) is 0 Å². The zero-order valence-corrected chi connectivity index (χ0v) is 14.4. The summed E-state index contributed by atoms with van der Waals surface area (Å²) in [5.74, 6) is 0. The first kappa shape index (κ1) is 14.8. The number of halogens is 2. The third-order valence-electron chi connectivity index (χ3n) is 3.59. The van der Waals surface area contributed by atoms with Gasteiger partial charge in [0.1, 0.15) is 0 Å². The summed E-state index contributed by atoms with van der Waals surface area (Å²) >= 11 is 15.1. The summed E-state index contributed by atoms with van der Waals surface area (Å²) in [7, 11) is 0.